The molecule has 0 aromatic heterocycles. The molecule has 0 atom stereocenters. The first-order valence-corrected chi connectivity index (χ1v) is 4.63. The van der Waals surface area contributed by atoms with Gasteiger partial charge in [-0.3, -0.25) is 5.73 Å². The average molecular weight is 254 g/mol. The monoisotopic (exact) mass is 254 g/mol. The van der Waals surface area contributed by atoms with Crippen LogP contribution in [0, 0.1) is 0 Å². The van der Waals surface area contributed by atoms with Gasteiger partial charge in [-0.2, -0.15) is 22.0 Å². The summed E-state index contributed by atoms with van der Waals surface area (Å²) in [6.45, 7) is 0.0130. The summed E-state index contributed by atoms with van der Waals surface area (Å²) >= 11 is 0. The number of hydrogen-bond donors (Lipinski definition) is 0. The Morgan fingerprint density at radius 2 is 1.76 bits per heavy atom. The van der Waals surface area contributed by atoms with Crippen LogP contribution in [-0.4, -0.2) is 18.8 Å². The second kappa shape index (κ2) is 4.87. The van der Waals surface area contributed by atoms with E-state index >= 15 is 0 Å². The minimum absolute atomic E-state index is 0.0130. The predicted octanol–water partition coefficient (Wildman–Crippen LogP) is 3.05. The molecule has 1 rings (SSSR count). The largest absolute Gasteiger partial charge is 0.499 e. The van der Waals surface area contributed by atoms with Gasteiger partial charge in [-0.25, -0.2) is 0 Å². The van der Waals surface area contributed by atoms with Gasteiger partial charge in [0.25, 0.3) is 0 Å². The molecule has 0 heterocycles. The van der Waals surface area contributed by atoms with Gasteiger partial charge in [-0.15, -0.1) is 0 Å². The van der Waals surface area contributed by atoms with E-state index in [2.05, 4.69) is 4.74 Å². The number of halogens is 5. The molecule has 0 saturated carbocycles. The molecule has 0 aliphatic heterocycles. The second-order valence-corrected chi connectivity index (χ2v) is 3.26. The quantitative estimate of drug-likeness (QED) is 0.760. The Morgan fingerprint density at radius 3 is 2.29 bits per heavy atom. The third-order valence-electron chi connectivity index (χ3n) is 1.89. The summed E-state index contributed by atoms with van der Waals surface area (Å²) < 4.78 is 64.3. The van der Waals surface area contributed by atoms with Crippen LogP contribution in [0.3, 0.4) is 0 Å². The van der Waals surface area contributed by atoms with Gasteiger partial charge in [0, 0.05) is 6.54 Å². The lowest BCUT2D eigenvalue weighted by Crippen LogP contribution is -2.41. The van der Waals surface area contributed by atoms with Gasteiger partial charge in [0.05, 0.1) is 0 Å². The van der Waals surface area contributed by atoms with E-state index in [1.54, 1.807) is 0 Å². The van der Waals surface area contributed by atoms with Crippen molar-refractivity contribution in [2.75, 3.05) is 6.54 Å². The minimum atomic E-state index is -5.75. The molecule has 95 valence electrons. The molecule has 0 bridgehead atoms. The maximum atomic E-state index is 12.5. The fourth-order valence-electron chi connectivity index (χ4n) is 1.11. The highest BCUT2D eigenvalue weighted by Gasteiger charge is 2.61. The van der Waals surface area contributed by atoms with Gasteiger partial charge in [0.1, 0.15) is 5.75 Å². The Balaban J connectivity index is 2.84. The number of alkyl halides is 5. The molecule has 0 aliphatic carbocycles. The molecule has 0 saturated heterocycles. The van der Waals surface area contributed by atoms with E-state index in [-0.39, 0.29) is 13.0 Å². The number of benzene rings is 1. The number of nitrogens with one attached hydrogen (secondary N) is 1. The van der Waals surface area contributed by atoms with Crippen LogP contribution in [0.15, 0.2) is 24.3 Å². The summed E-state index contributed by atoms with van der Waals surface area (Å²) in [5.74, 6) is -0.571. The fraction of sp³-hybridized carbons (Fsp3) is 0.400. The topological polar surface area (TPSA) is 33.0 Å². The Kier molecular flexibility index (Phi) is 3.92. The van der Waals surface area contributed by atoms with Crippen molar-refractivity contribution in [2.45, 2.75) is 18.7 Å². The Labute approximate surface area is 94.2 Å². The standard InChI is InChI=1S/C10H9F5NO/c11-9(12,13)10(14,15)17-8-3-1-2-7(6-8)4-5-16/h1-3,6,16H,4-5H2. The first-order chi connectivity index (χ1) is 7.76. The zero-order chi connectivity index (χ0) is 13.1. The molecule has 1 radical (unpaired) electrons. The van der Waals surface area contributed by atoms with Crippen molar-refractivity contribution in [1.29, 1.82) is 0 Å². The molecule has 2 nitrogen and oxygen atoms in total. The van der Waals surface area contributed by atoms with Crippen molar-refractivity contribution in [1.82, 2.24) is 5.73 Å². The van der Waals surface area contributed by atoms with Crippen LogP contribution in [0.1, 0.15) is 5.56 Å². The minimum Gasteiger partial charge on any atom is -0.426 e. The first kappa shape index (κ1) is 13.7. The van der Waals surface area contributed by atoms with Crippen molar-refractivity contribution in [3.05, 3.63) is 29.8 Å². The summed E-state index contributed by atoms with van der Waals surface area (Å²) in [7, 11) is 0. The molecular formula is C10H9F5NO. The average Bonchev–Trinajstić information content (AvgIpc) is 2.16. The maximum absolute atomic E-state index is 12.5. The smallest absolute Gasteiger partial charge is 0.426 e. The number of ether oxygens (including phenoxy) is 1. The van der Waals surface area contributed by atoms with Gasteiger partial charge >= 0.3 is 12.3 Å². The zero-order valence-corrected chi connectivity index (χ0v) is 8.52. The molecule has 1 aromatic carbocycles. The molecule has 17 heavy (non-hydrogen) atoms. The molecule has 0 spiro atoms. The van der Waals surface area contributed by atoms with Crippen molar-refractivity contribution in [3.63, 3.8) is 0 Å². The molecule has 0 unspecified atom stereocenters. The molecule has 7 heteroatoms. The van der Waals surface area contributed by atoms with Gasteiger partial charge in [-0.1, -0.05) is 12.1 Å². The maximum Gasteiger partial charge on any atom is 0.499 e. The van der Waals surface area contributed by atoms with Crippen molar-refractivity contribution in [2.24, 2.45) is 0 Å². The van der Waals surface area contributed by atoms with Crippen LogP contribution in [0.2, 0.25) is 0 Å². The summed E-state index contributed by atoms with van der Waals surface area (Å²) in [6, 6.07) is 4.89. The second-order valence-electron chi connectivity index (χ2n) is 3.26. The number of hydrogen-bond acceptors (Lipinski definition) is 1. The van der Waals surface area contributed by atoms with Gasteiger partial charge in [0.2, 0.25) is 0 Å². The summed E-state index contributed by atoms with van der Waals surface area (Å²) in [5.41, 5.74) is 7.39. The van der Waals surface area contributed by atoms with E-state index < -0.39 is 18.0 Å². The molecular weight excluding hydrogens is 245 g/mol. The van der Waals surface area contributed by atoms with Crippen LogP contribution >= 0.6 is 0 Å². The van der Waals surface area contributed by atoms with Gasteiger partial charge in [-0.05, 0) is 24.1 Å². The van der Waals surface area contributed by atoms with E-state index in [0.29, 0.717) is 5.56 Å². The SMILES string of the molecule is [NH]CCc1cccc(OC(F)(F)C(F)(F)F)c1. The van der Waals surface area contributed by atoms with Crippen LogP contribution < -0.4 is 10.5 Å². The van der Waals surface area contributed by atoms with E-state index in [9.17, 15) is 22.0 Å². The van der Waals surface area contributed by atoms with Crippen LogP contribution in [0.5, 0.6) is 5.75 Å². The highest BCUT2D eigenvalue weighted by molar-refractivity contribution is 5.29. The Morgan fingerprint density at radius 1 is 1.12 bits per heavy atom. The van der Waals surface area contributed by atoms with Crippen molar-refractivity contribution in [3.8, 4) is 5.75 Å². The fourth-order valence-corrected chi connectivity index (χ4v) is 1.11. The third kappa shape index (κ3) is 3.55. The summed E-state index contributed by atoms with van der Waals surface area (Å²) in [5, 5.41) is 0. The first-order valence-electron chi connectivity index (χ1n) is 4.63. The lowest BCUT2D eigenvalue weighted by atomic mass is 10.1. The van der Waals surface area contributed by atoms with Crippen LogP contribution in [0.25, 0.3) is 0 Å². The van der Waals surface area contributed by atoms with Gasteiger partial charge < -0.3 is 4.74 Å². The Hall–Kier alpha value is -1.37. The number of rotatable bonds is 4. The van der Waals surface area contributed by atoms with Crippen LogP contribution in [-0.2, 0) is 6.42 Å². The van der Waals surface area contributed by atoms with E-state index in [4.69, 9.17) is 5.73 Å². The summed E-state index contributed by atoms with van der Waals surface area (Å²) in [4.78, 5) is 0. The third-order valence-corrected chi connectivity index (χ3v) is 1.89. The van der Waals surface area contributed by atoms with Gasteiger partial charge in [0.15, 0.2) is 0 Å². The molecule has 0 aliphatic rings. The van der Waals surface area contributed by atoms with E-state index in [0.717, 1.165) is 12.1 Å². The van der Waals surface area contributed by atoms with Crippen molar-refractivity contribution >= 4 is 0 Å². The zero-order valence-electron chi connectivity index (χ0n) is 8.52. The molecule has 0 amide bonds. The van der Waals surface area contributed by atoms with E-state index in [1.807, 2.05) is 0 Å². The molecule has 1 N–H and O–H groups in total. The molecule has 0 fully saturated rings. The predicted molar refractivity (Wildman–Crippen MR) is 49.7 cm³/mol. The highest BCUT2D eigenvalue weighted by atomic mass is 19.4. The molecule has 1 aromatic rings. The lowest BCUT2D eigenvalue weighted by Gasteiger charge is -2.20. The highest BCUT2D eigenvalue weighted by Crippen LogP contribution is 2.37. The lowest BCUT2D eigenvalue weighted by molar-refractivity contribution is -0.360. The normalized spacial score (nSPS) is 12.6. The Bertz CT molecular complexity index is 377. The van der Waals surface area contributed by atoms with Crippen LogP contribution in [0.4, 0.5) is 22.0 Å². The summed E-state index contributed by atoms with van der Waals surface area (Å²) in [6.07, 6.45) is -10.7. The van der Waals surface area contributed by atoms with Crippen molar-refractivity contribution < 1.29 is 26.7 Å². The van der Waals surface area contributed by atoms with E-state index in [1.165, 1.54) is 12.1 Å².